The summed E-state index contributed by atoms with van der Waals surface area (Å²) in [5.74, 6) is -3.56. The fraction of sp³-hybridized carbons (Fsp3) is 0.667. The van der Waals surface area contributed by atoms with Gasteiger partial charge in [-0.2, -0.15) is 0 Å². The van der Waals surface area contributed by atoms with E-state index in [4.69, 9.17) is 14.2 Å². The Hall–Kier alpha value is -1.55. The van der Waals surface area contributed by atoms with Gasteiger partial charge in [-0.3, -0.25) is 14.3 Å². The highest BCUT2D eigenvalue weighted by molar-refractivity contribution is 5.02. The van der Waals surface area contributed by atoms with Gasteiger partial charge in [0.1, 0.15) is 12.7 Å². The summed E-state index contributed by atoms with van der Waals surface area (Å²) in [5, 5.41) is 9.24. The van der Waals surface area contributed by atoms with Gasteiger partial charge in [0.05, 0.1) is 0 Å². The van der Waals surface area contributed by atoms with Crippen molar-refractivity contribution in [1.82, 2.24) is 9.55 Å². The molecule has 2 aliphatic heterocycles. The lowest BCUT2D eigenvalue weighted by molar-refractivity contribution is -0.265. The van der Waals surface area contributed by atoms with Gasteiger partial charge in [0.2, 0.25) is 0 Å². The second-order valence-electron chi connectivity index (χ2n) is 5.49. The van der Waals surface area contributed by atoms with Crippen molar-refractivity contribution in [3.05, 3.63) is 33.1 Å². The topological polar surface area (TPSA) is 103 Å². The van der Waals surface area contributed by atoms with E-state index in [-0.39, 0.29) is 0 Å². The molecular weight excluding hydrogens is 287 g/mol. The summed E-state index contributed by atoms with van der Waals surface area (Å²) >= 11 is 0. The summed E-state index contributed by atoms with van der Waals surface area (Å²) in [5.41, 5.74) is -1.34. The summed E-state index contributed by atoms with van der Waals surface area (Å²) in [7, 11) is 0. The fourth-order valence-electron chi connectivity index (χ4n) is 2.64. The molecular formula is C12H15FN2O6. The van der Waals surface area contributed by atoms with Gasteiger partial charge >= 0.3 is 5.69 Å². The van der Waals surface area contributed by atoms with Gasteiger partial charge < -0.3 is 19.3 Å². The Morgan fingerprint density at radius 3 is 2.71 bits per heavy atom. The van der Waals surface area contributed by atoms with Crippen molar-refractivity contribution >= 4 is 0 Å². The van der Waals surface area contributed by atoms with Crippen LogP contribution in [-0.4, -0.2) is 45.1 Å². The molecule has 0 spiro atoms. The van der Waals surface area contributed by atoms with Crippen LogP contribution in [-0.2, 0) is 14.2 Å². The molecule has 8 nitrogen and oxygen atoms in total. The van der Waals surface area contributed by atoms with Gasteiger partial charge in [0.15, 0.2) is 18.1 Å². The lowest BCUT2D eigenvalue weighted by Gasteiger charge is -2.27. The zero-order valence-electron chi connectivity index (χ0n) is 11.4. The van der Waals surface area contributed by atoms with Crippen molar-refractivity contribution in [1.29, 1.82) is 0 Å². The maximum Gasteiger partial charge on any atom is 0.330 e. The predicted octanol–water partition coefficient (Wildman–Crippen LogP) is -0.756. The van der Waals surface area contributed by atoms with Crippen LogP contribution >= 0.6 is 0 Å². The van der Waals surface area contributed by atoms with Crippen LogP contribution in [0.3, 0.4) is 0 Å². The summed E-state index contributed by atoms with van der Waals surface area (Å²) in [6.45, 7) is 2.24. The number of aromatic amines is 1. The highest BCUT2D eigenvalue weighted by atomic mass is 19.2. The Morgan fingerprint density at radius 2 is 2.10 bits per heavy atom. The second kappa shape index (κ2) is 4.47. The van der Waals surface area contributed by atoms with Gasteiger partial charge in [-0.25, -0.2) is 9.18 Å². The molecule has 9 heteroatoms. The van der Waals surface area contributed by atoms with Crippen LogP contribution in [0, 0.1) is 0 Å². The molecule has 0 aromatic carbocycles. The van der Waals surface area contributed by atoms with Crippen LogP contribution in [0.15, 0.2) is 21.9 Å². The van der Waals surface area contributed by atoms with Gasteiger partial charge in [0, 0.05) is 12.3 Å². The molecule has 3 rings (SSSR count). The molecule has 0 saturated carbocycles. The van der Waals surface area contributed by atoms with Crippen LogP contribution in [0.1, 0.15) is 20.1 Å². The Morgan fingerprint density at radius 1 is 1.38 bits per heavy atom. The Bertz CT molecular complexity index is 670. The minimum absolute atomic E-state index is 0.580. The molecule has 2 fully saturated rings. The van der Waals surface area contributed by atoms with Crippen LogP contribution in [0.2, 0.25) is 0 Å². The smallest absolute Gasteiger partial charge is 0.330 e. The van der Waals surface area contributed by atoms with E-state index in [2.05, 4.69) is 4.98 Å². The number of rotatable bonds is 2. The van der Waals surface area contributed by atoms with E-state index in [9.17, 15) is 19.1 Å². The zero-order chi connectivity index (χ0) is 15.4. The molecule has 2 saturated heterocycles. The lowest BCUT2D eigenvalue weighted by atomic mass is 10.1. The Labute approximate surface area is 118 Å². The number of hydrogen-bond acceptors (Lipinski definition) is 6. The maximum atomic E-state index is 14.6. The number of alkyl halides is 1. The van der Waals surface area contributed by atoms with E-state index in [1.54, 1.807) is 13.8 Å². The number of ether oxygens (including phenoxy) is 3. The van der Waals surface area contributed by atoms with Gasteiger partial charge in [-0.05, 0) is 13.8 Å². The fourth-order valence-corrected chi connectivity index (χ4v) is 2.64. The largest absolute Gasteiger partial charge is 0.390 e. The number of fused-ring (bicyclic) bond motifs is 1. The third-order valence-corrected chi connectivity index (χ3v) is 3.49. The number of halogens is 1. The van der Waals surface area contributed by atoms with Crippen molar-refractivity contribution in [3.8, 4) is 0 Å². The first kappa shape index (κ1) is 14.4. The molecule has 1 aromatic heterocycles. The van der Waals surface area contributed by atoms with E-state index in [0.717, 1.165) is 10.6 Å². The minimum atomic E-state index is -2.49. The van der Waals surface area contributed by atoms with E-state index in [1.807, 2.05) is 0 Å². The first-order chi connectivity index (χ1) is 9.76. The highest BCUT2D eigenvalue weighted by Gasteiger charge is 2.64. The molecule has 0 unspecified atom stereocenters. The molecule has 3 heterocycles. The van der Waals surface area contributed by atoms with Gasteiger partial charge in [-0.15, -0.1) is 0 Å². The third kappa shape index (κ3) is 2.22. The normalized spacial score (nSPS) is 37.6. The maximum absolute atomic E-state index is 14.6. The average Bonchev–Trinajstić information content (AvgIpc) is 2.84. The number of nitrogens with zero attached hydrogens (tertiary/aromatic N) is 1. The number of aliphatic hydroxyl groups is 1. The third-order valence-electron chi connectivity index (χ3n) is 3.49. The standard InChI is InChI=1S/C12H15FN2O6/c1-11(2)19-7-8(20-11)12(13,5-16)21-9(7)15-4-3-6(17)14-10(15)18/h3-4,7-9,16H,5H2,1-2H3,(H,14,17,18)/t7-,8+,9-,12-/m1/s1. The molecule has 0 aliphatic carbocycles. The molecule has 116 valence electrons. The molecule has 2 N–H and O–H groups in total. The average molecular weight is 302 g/mol. The van der Waals surface area contributed by atoms with Crippen LogP contribution < -0.4 is 11.2 Å². The Balaban J connectivity index is 2.04. The van der Waals surface area contributed by atoms with Crippen LogP contribution in [0.25, 0.3) is 0 Å². The van der Waals surface area contributed by atoms with Gasteiger partial charge in [-0.1, -0.05) is 0 Å². The first-order valence-electron chi connectivity index (χ1n) is 6.40. The van der Waals surface area contributed by atoms with Crippen molar-refractivity contribution in [2.75, 3.05) is 6.61 Å². The molecule has 4 atom stereocenters. The van der Waals surface area contributed by atoms with E-state index < -0.39 is 47.9 Å². The molecule has 1 aromatic rings. The predicted molar refractivity (Wildman–Crippen MR) is 66.2 cm³/mol. The zero-order valence-corrected chi connectivity index (χ0v) is 11.4. The summed E-state index contributed by atoms with van der Waals surface area (Å²) in [6.07, 6.45) is -2.08. The van der Waals surface area contributed by atoms with Crippen molar-refractivity contribution in [2.45, 2.75) is 43.9 Å². The Kier molecular flexibility index (Phi) is 3.06. The van der Waals surface area contributed by atoms with E-state index in [0.29, 0.717) is 0 Å². The minimum Gasteiger partial charge on any atom is -0.390 e. The molecule has 0 bridgehead atoms. The monoisotopic (exact) mass is 302 g/mol. The van der Waals surface area contributed by atoms with Crippen LogP contribution in [0.5, 0.6) is 0 Å². The van der Waals surface area contributed by atoms with Crippen molar-refractivity contribution in [3.63, 3.8) is 0 Å². The molecule has 2 aliphatic rings. The molecule has 0 radical (unpaired) electrons. The summed E-state index contributed by atoms with van der Waals surface area (Å²) in [6, 6.07) is 1.11. The number of nitrogens with one attached hydrogen (secondary N) is 1. The van der Waals surface area contributed by atoms with E-state index in [1.165, 1.54) is 6.20 Å². The molecule has 0 amide bonds. The quantitative estimate of drug-likeness (QED) is 0.745. The van der Waals surface area contributed by atoms with E-state index >= 15 is 0 Å². The van der Waals surface area contributed by atoms with Gasteiger partial charge in [0.25, 0.3) is 11.4 Å². The number of aliphatic hydroxyl groups excluding tert-OH is 1. The number of aromatic nitrogens is 2. The second-order valence-corrected chi connectivity index (χ2v) is 5.49. The van der Waals surface area contributed by atoms with Crippen molar-refractivity contribution < 1.29 is 23.7 Å². The summed E-state index contributed by atoms with van der Waals surface area (Å²) < 4.78 is 31.8. The summed E-state index contributed by atoms with van der Waals surface area (Å²) in [4.78, 5) is 25.0. The van der Waals surface area contributed by atoms with Crippen molar-refractivity contribution in [2.24, 2.45) is 0 Å². The first-order valence-corrected chi connectivity index (χ1v) is 6.40. The number of H-pyrrole nitrogens is 1. The lowest BCUT2D eigenvalue weighted by Crippen LogP contribution is -2.42. The number of hydrogen-bond donors (Lipinski definition) is 2. The highest BCUT2D eigenvalue weighted by Crippen LogP contribution is 2.48. The molecule has 21 heavy (non-hydrogen) atoms. The SMILES string of the molecule is CC1(C)O[C@H]2[C@H](n3ccc(=O)[nH]c3=O)O[C@](F)(CO)[C@H]2O1. The van der Waals surface area contributed by atoms with Crippen LogP contribution in [0.4, 0.5) is 4.39 Å².